The zero-order chi connectivity index (χ0) is 19.0. The lowest BCUT2D eigenvalue weighted by molar-refractivity contribution is 0.00906. The Morgan fingerprint density at radius 1 is 1.11 bits per heavy atom. The van der Waals surface area contributed by atoms with Gasteiger partial charge in [0.15, 0.2) is 5.78 Å². The van der Waals surface area contributed by atoms with Crippen molar-refractivity contribution in [2.75, 3.05) is 0 Å². The lowest BCUT2D eigenvalue weighted by Gasteiger charge is -2.48. The average Bonchev–Trinajstić information content (AvgIpc) is 3.12. The Bertz CT molecular complexity index is 775. The van der Waals surface area contributed by atoms with E-state index in [9.17, 15) is 4.79 Å². The fraction of sp³-hybridized carbons (Fsp3) is 0.565. The molecule has 144 valence electrons. The van der Waals surface area contributed by atoms with Gasteiger partial charge in [0.25, 0.3) is 0 Å². The highest BCUT2D eigenvalue weighted by atomic mass is 16.1. The van der Waals surface area contributed by atoms with Gasteiger partial charge in [-0.2, -0.15) is 5.10 Å². The topological polar surface area (TPSA) is 38.1 Å². The smallest absolute Gasteiger partial charge is 0.169 e. The van der Waals surface area contributed by atoms with Gasteiger partial charge in [0.05, 0.1) is 17.3 Å². The van der Waals surface area contributed by atoms with Crippen molar-refractivity contribution in [1.82, 2.24) is 14.7 Å². The van der Waals surface area contributed by atoms with Gasteiger partial charge >= 0.3 is 0 Å². The molecular formula is C23H31N3O. The summed E-state index contributed by atoms with van der Waals surface area (Å²) in [6.45, 7) is 7.35. The summed E-state index contributed by atoms with van der Waals surface area (Å²) in [7, 11) is 0. The largest absolute Gasteiger partial charge is 0.294 e. The van der Waals surface area contributed by atoms with Crippen LogP contribution in [0.4, 0.5) is 0 Å². The SMILES string of the molecule is CC(C)(C)n1cc(C(=O)C2CC3CCCC(C2)N3Cc2ccccc2)cn1. The maximum Gasteiger partial charge on any atom is 0.169 e. The summed E-state index contributed by atoms with van der Waals surface area (Å²) < 4.78 is 1.91. The minimum Gasteiger partial charge on any atom is -0.294 e. The lowest BCUT2D eigenvalue weighted by atomic mass is 9.75. The maximum atomic E-state index is 13.2. The monoisotopic (exact) mass is 365 g/mol. The highest BCUT2D eigenvalue weighted by Crippen LogP contribution is 2.39. The number of piperidine rings is 2. The van der Waals surface area contributed by atoms with Crippen LogP contribution >= 0.6 is 0 Å². The first-order valence-corrected chi connectivity index (χ1v) is 10.3. The number of nitrogens with zero attached hydrogens (tertiary/aromatic N) is 3. The zero-order valence-electron chi connectivity index (χ0n) is 16.8. The average molecular weight is 366 g/mol. The summed E-state index contributed by atoms with van der Waals surface area (Å²) >= 11 is 0. The fourth-order valence-electron chi connectivity index (χ4n) is 4.80. The third-order valence-electron chi connectivity index (χ3n) is 6.26. The molecule has 2 aliphatic rings. The number of carbonyl (C=O) groups excluding carboxylic acids is 1. The minimum absolute atomic E-state index is 0.0892. The van der Waals surface area contributed by atoms with E-state index in [2.05, 4.69) is 61.1 Å². The molecule has 0 aliphatic carbocycles. The summed E-state index contributed by atoms with van der Waals surface area (Å²) in [5, 5.41) is 4.43. The van der Waals surface area contributed by atoms with Gasteiger partial charge in [-0.05, 0) is 52.0 Å². The second kappa shape index (κ2) is 7.23. The maximum absolute atomic E-state index is 13.2. The van der Waals surface area contributed by atoms with Crippen molar-refractivity contribution in [3.8, 4) is 0 Å². The molecule has 2 saturated heterocycles. The summed E-state index contributed by atoms with van der Waals surface area (Å²) in [6.07, 6.45) is 9.41. The molecule has 0 N–H and O–H groups in total. The Balaban J connectivity index is 1.48. The highest BCUT2D eigenvalue weighted by molar-refractivity contribution is 5.97. The molecule has 2 bridgehead atoms. The molecule has 2 unspecified atom stereocenters. The van der Waals surface area contributed by atoms with Crippen molar-refractivity contribution in [3.05, 3.63) is 53.9 Å². The van der Waals surface area contributed by atoms with Crippen LogP contribution in [0, 0.1) is 5.92 Å². The van der Waals surface area contributed by atoms with Crippen molar-refractivity contribution in [1.29, 1.82) is 0 Å². The molecule has 0 saturated carbocycles. The van der Waals surface area contributed by atoms with Crippen LogP contribution in [0.15, 0.2) is 42.7 Å². The molecule has 3 heterocycles. The number of benzene rings is 1. The van der Waals surface area contributed by atoms with Gasteiger partial charge in [0, 0.05) is 30.7 Å². The fourth-order valence-corrected chi connectivity index (χ4v) is 4.80. The third-order valence-corrected chi connectivity index (χ3v) is 6.26. The summed E-state index contributed by atoms with van der Waals surface area (Å²) in [5.41, 5.74) is 2.07. The van der Waals surface area contributed by atoms with E-state index in [4.69, 9.17) is 0 Å². The standard InChI is InChI=1S/C23H31N3O/c1-23(2,3)26-16-19(14-24-26)22(27)18-12-20-10-7-11-21(13-18)25(20)15-17-8-5-4-6-9-17/h4-6,8-9,14,16,18,20-21H,7,10-13,15H2,1-3H3. The summed E-state index contributed by atoms with van der Waals surface area (Å²) in [4.78, 5) is 15.8. The van der Waals surface area contributed by atoms with Crippen LogP contribution in [-0.2, 0) is 12.1 Å². The third kappa shape index (κ3) is 3.86. The van der Waals surface area contributed by atoms with E-state index in [0.717, 1.165) is 24.9 Å². The molecule has 2 atom stereocenters. The number of rotatable bonds is 4. The quantitative estimate of drug-likeness (QED) is 0.740. The molecule has 2 aliphatic heterocycles. The molecule has 2 fully saturated rings. The Hall–Kier alpha value is -1.94. The first kappa shape index (κ1) is 18.4. The first-order chi connectivity index (χ1) is 12.9. The van der Waals surface area contributed by atoms with Crippen molar-refractivity contribution in [2.24, 2.45) is 5.92 Å². The molecule has 4 heteroatoms. The van der Waals surface area contributed by atoms with E-state index >= 15 is 0 Å². The zero-order valence-corrected chi connectivity index (χ0v) is 16.8. The number of carbonyl (C=O) groups is 1. The van der Waals surface area contributed by atoms with E-state index < -0.39 is 0 Å². The van der Waals surface area contributed by atoms with Gasteiger partial charge in [-0.1, -0.05) is 36.8 Å². The van der Waals surface area contributed by atoms with Gasteiger partial charge in [0.2, 0.25) is 0 Å². The molecule has 4 rings (SSSR count). The Morgan fingerprint density at radius 3 is 2.37 bits per heavy atom. The molecule has 2 aromatic rings. The molecule has 1 aromatic carbocycles. The van der Waals surface area contributed by atoms with Crippen molar-refractivity contribution in [2.45, 2.75) is 77.0 Å². The number of fused-ring (bicyclic) bond motifs is 2. The van der Waals surface area contributed by atoms with Crippen molar-refractivity contribution >= 4 is 5.78 Å². The second-order valence-corrected chi connectivity index (χ2v) is 9.27. The van der Waals surface area contributed by atoms with Gasteiger partial charge in [-0.25, -0.2) is 0 Å². The molecule has 0 amide bonds. The number of Topliss-reactive ketones (excluding diaryl/α,β-unsaturated/α-hetero) is 1. The van der Waals surface area contributed by atoms with Crippen LogP contribution in [0.2, 0.25) is 0 Å². The molecule has 1 aromatic heterocycles. The second-order valence-electron chi connectivity index (χ2n) is 9.27. The first-order valence-electron chi connectivity index (χ1n) is 10.3. The van der Waals surface area contributed by atoms with Crippen LogP contribution in [0.3, 0.4) is 0 Å². The van der Waals surface area contributed by atoms with Crippen molar-refractivity contribution in [3.63, 3.8) is 0 Å². The molecular weight excluding hydrogens is 334 g/mol. The Morgan fingerprint density at radius 2 is 1.78 bits per heavy atom. The van der Waals surface area contributed by atoms with E-state index in [1.807, 2.05) is 10.9 Å². The Kier molecular flexibility index (Phi) is 4.94. The predicted molar refractivity (Wildman–Crippen MR) is 108 cm³/mol. The van der Waals surface area contributed by atoms with E-state index in [1.165, 1.54) is 24.8 Å². The van der Waals surface area contributed by atoms with Gasteiger partial charge in [-0.3, -0.25) is 14.4 Å². The van der Waals surface area contributed by atoms with Crippen LogP contribution in [0.5, 0.6) is 0 Å². The number of hydrogen-bond acceptors (Lipinski definition) is 3. The van der Waals surface area contributed by atoms with E-state index in [-0.39, 0.29) is 11.5 Å². The van der Waals surface area contributed by atoms with Gasteiger partial charge < -0.3 is 0 Å². The number of hydrogen-bond donors (Lipinski definition) is 0. The van der Waals surface area contributed by atoms with Crippen molar-refractivity contribution < 1.29 is 4.79 Å². The van der Waals surface area contributed by atoms with Crippen LogP contribution < -0.4 is 0 Å². The number of aromatic nitrogens is 2. The molecule has 0 radical (unpaired) electrons. The van der Waals surface area contributed by atoms with Crippen LogP contribution in [-0.4, -0.2) is 32.5 Å². The number of ketones is 1. The summed E-state index contributed by atoms with van der Waals surface area (Å²) in [6, 6.07) is 11.8. The van der Waals surface area contributed by atoms with Gasteiger partial charge in [0.1, 0.15) is 0 Å². The van der Waals surface area contributed by atoms with E-state index in [1.54, 1.807) is 6.20 Å². The van der Waals surface area contributed by atoms with Gasteiger partial charge in [-0.15, -0.1) is 0 Å². The molecule has 27 heavy (non-hydrogen) atoms. The Labute approximate surface area is 162 Å². The van der Waals surface area contributed by atoms with Crippen LogP contribution in [0.1, 0.15) is 68.8 Å². The molecule has 4 nitrogen and oxygen atoms in total. The van der Waals surface area contributed by atoms with Crippen LogP contribution in [0.25, 0.3) is 0 Å². The molecule has 0 spiro atoms. The minimum atomic E-state index is -0.0892. The predicted octanol–water partition coefficient (Wildman–Crippen LogP) is 4.65. The normalized spacial score (nSPS) is 26.1. The highest BCUT2D eigenvalue weighted by Gasteiger charge is 2.40. The summed E-state index contributed by atoms with van der Waals surface area (Å²) in [5.74, 6) is 0.437. The van der Waals surface area contributed by atoms with E-state index in [0.29, 0.717) is 17.9 Å². The lowest BCUT2D eigenvalue weighted by Crippen LogP contribution is -2.52.